The molecule has 70 valence electrons. The number of carbonyl (C=O) groups excluding carboxylic acids is 1. The van der Waals surface area contributed by atoms with Gasteiger partial charge in [-0.3, -0.25) is 4.79 Å². The fraction of sp³-hybridized carbons (Fsp3) is 0.222. The van der Waals surface area contributed by atoms with Gasteiger partial charge in [0.05, 0.1) is 10.7 Å². The number of ether oxygens (including phenoxy) is 1. The second kappa shape index (κ2) is 4.14. The normalized spacial score (nSPS) is 9.69. The van der Waals surface area contributed by atoms with Crippen LogP contribution in [0.2, 0.25) is 5.02 Å². The van der Waals surface area contributed by atoms with E-state index in [-0.39, 0.29) is 12.4 Å². The zero-order chi connectivity index (χ0) is 9.84. The summed E-state index contributed by atoms with van der Waals surface area (Å²) in [6.07, 6.45) is 0. The molecular weight excluding hydrogens is 190 g/mol. The van der Waals surface area contributed by atoms with E-state index in [4.69, 9.17) is 22.1 Å². The van der Waals surface area contributed by atoms with Gasteiger partial charge < -0.3 is 10.5 Å². The lowest BCUT2D eigenvalue weighted by atomic mass is 10.3. The second-order valence-corrected chi connectivity index (χ2v) is 3.08. The number of carbonyl (C=O) groups is 1. The van der Waals surface area contributed by atoms with Crippen LogP contribution in [-0.2, 0) is 4.79 Å². The van der Waals surface area contributed by atoms with Gasteiger partial charge in [-0.25, -0.2) is 0 Å². The maximum Gasteiger partial charge on any atom is 0.167 e. The highest BCUT2D eigenvalue weighted by molar-refractivity contribution is 6.33. The van der Waals surface area contributed by atoms with Gasteiger partial charge in [0.2, 0.25) is 0 Å². The van der Waals surface area contributed by atoms with Crippen molar-refractivity contribution in [2.75, 3.05) is 12.3 Å². The zero-order valence-corrected chi connectivity index (χ0v) is 7.97. The third kappa shape index (κ3) is 2.95. The number of halogens is 1. The molecule has 0 atom stereocenters. The van der Waals surface area contributed by atoms with Crippen molar-refractivity contribution in [2.45, 2.75) is 6.92 Å². The molecule has 0 spiro atoms. The molecule has 0 saturated carbocycles. The first-order valence-electron chi connectivity index (χ1n) is 3.77. The molecule has 0 bridgehead atoms. The van der Waals surface area contributed by atoms with E-state index in [1.54, 1.807) is 18.2 Å². The molecule has 1 rings (SSSR count). The molecular formula is C9H10ClNO2. The Balaban J connectivity index is 2.68. The van der Waals surface area contributed by atoms with E-state index in [1.165, 1.54) is 6.92 Å². The molecule has 0 heterocycles. The lowest BCUT2D eigenvalue weighted by Crippen LogP contribution is -2.06. The average molecular weight is 200 g/mol. The minimum Gasteiger partial charge on any atom is -0.486 e. The standard InChI is InChI=1S/C9H10ClNO2/c1-6(12)5-13-7-2-3-8(10)9(11)4-7/h2-4H,5,11H2,1H3. The van der Waals surface area contributed by atoms with Crippen LogP contribution in [0, 0.1) is 0 Å². The Morgan fingerprint density at radius 2 is 2.31 bits per heavy atom. The molecule has 3 nitrogen and oxygen atoms in total. The first-order valence-corrected chi connectivity index (χ1v) is 4.14. The second-order valence-electron chi connectivity index (χ2n) is 2.67. The molecule has 0 radical (unpaired) electrons. The van der Waals surface area contributed by atoms with Crippen molar-refractivity contribution in [2.24, 2.45) is 0 Å². The predicted molar refractivity (Wildman–Crippen MR) is 52.0 cm³/mol. The van der Waals surface area contributed by atoms with Gasteiger partial charge >= 0.3 is 0 Å². The fourth-order valence-corrected chi connectivity index (χ4v) is 0.914. The number of Topliss-reactive ketones (excluding diaryl/α,β-unsaturated/α-hetero) is 1. The number of benzene rings is 1. The van der Waals surface area contributed by atoms with Crippen molar-refractivity contribution in [3.8, 4) is 5.75 Å². The molecule has 1 aromatic carbocycles. The largest absolute Gasteiger partial charge is 0.486 e. The Labute approximate surface area is 81.4 Å². The number of rotatable bonds is 3. The minimum atomic E-state index is -0.0338. The highest BCUT2D eigenvalue weighted by Crippen LogP contribution is 2.23. The molecule has 0 unspecified atom stereocenters. The Morgan fingerprint density at radius 1 is 1.62 bits per heavy atom. The number of hydrogen-bond donors (Lipinski definition) is 1. The fourth-order valence-electron chi connectivity index (χ4n) is 0.797. The summed E-state index contributed by atoms with van der Waals surface area (Å²) < 4.78 is 5.12. The van der Waals surface area contributed by atoms with E-state index in [2.05, 4.69) is 0 Å². The molecule has 13 heavy (non-hydrogen) atoms. The smallest absolute Gasteiger partial charge is 0.167 e. The van der Waals surface area contributed by atoms with Crippen LogP contribution in [0.3, 0.4) is 0 Å². The quantitative estimate of drug-likeness (QED) is 0.757. The maximum absolute atomic E-state index is 10.6. The lowest BCUT2D eigenvalue weighted by molar-refractivity contribution is -0.118. The molecule has 0 aromatic heterocycles. The van der Waals surface area contributed by atoms with E-state index < -0.39 is 0 Å². The first-order chi connectivity index (χ1) is 6.09. The van der Waals surface area contributed by atoms with E-state index in [9.17, 15) is 4.79 Å². The van der Waals surface area contributed by atoms with E-state index in [0.29, 0.717) is 16.5 Å². The van der Waals surface area contributed by atoms with Gasteiger partial charge in [0.25, 0.3) is 0 Å². The van der Waals surface area contributed by atoms with Gasteiger partial charge in [-0.1, -0.05) is 11.6 Å². The summed E-state index contributed by atoms with van der Waals surface area (Å²) in [5, 5.41) is 0.482. The summed E-state index contributed by atoms with van der Waals surface area (Å²) in [4.78, 5) is 10.6. The summed E-state index contributed by atoms with van der Waals surface area (Å²) in [5.74, 6) is 0.519. The molecule has 0 aliphatic heterocycles. The molecule has 4 heteroatoms. The van der Waals surface area contributed by atoms with Crippen molar-refractivity contribution < 1.29 is 9.53 Å². The molecule has 0 saturated heterocycles. The summed E-state index contributed by atoms with van der Waals surface area (Å²) >= 11 is 5.70. The van der Waals surface area contributed by atoms with Gasteiger partial charge in [-0.2, -0.15) is 0 Å². The third-order valence-electron chi connectivity index (χ3n) is 1.41. The highest BCUT2D eigenvalue weighted by Gasteiger charge is 2.00. The van der Waals surface area contributed by atoms with E-state index in [0.717, 1.165) is 0 Å². The Morgan fingerprint density at radius 3 is 2.85 bits per heavy atom. The average Bonchev–Trinajstić information content (AvgIpc) is 2.07. The summed E-state index contributed by atoms with van der Waals surface area (Å²) in [6, 6.07) is 4.89. The van der Waals surface area contributed by atoms with Gasteiger partial charge in [0, 0.05) is 6.07 Å². The number of nitrogens with two attached hydrogens (primary N) is 1. The Hall–Kier alpha value is -1.22. The van der Waals surface area contributed by atoms with E-state index in [1.807, 2.05) is 0 Å². The van der Waals surface area contributed by atoms with Crippen molar-refractivity contribution in [1.29, 1.82) is 0 Å². The van der Waals surface area contributed by atoms with Crippen LogP contribution < -0.4 is 10.5 Å². The zero-order valence-electron chi connectivity index (χ0n) is 7.21. The maximum atomic E-state index is 10.6. The summed E-state index contributed by atoms with van der Waals surface area (Å²) in [7, 11) is 0. The monoisotopic (exact) mass is 199 g/mol. The van der Waals surface area contributed by atoms with Gasteiger partial charge in [0.15, 0.2) is 5.78 Å². The van der Waals surface area contributed by atoms with Crippen LogP contribution in [-0.4, -0.2) is 12.4 Å². The van der Waals surface area contributed by atoms with Crippen molar-refractivity contribution in [1.82, 2.24) is 0 Å². The summed E-state index contributed by atoms with van der Waals surface area (Å²) in [6.45, 7) is 1.51. The van der Waals surface area contributed by atoms with Crippen LogP contribution in [0.5, 0.6) is 5.75 Å². The number of ketones is 1. The molecule has 0 amide bonds. The van der Waals surface area contributed by atoms with Gasteiger partial charge in [0.1, 0.15) is 12.4 Å². The van der Waals surface area contributed by atoms with Crippen LogP contribution in [0.25, 0.3) is 0 Å². The third-order valence-corrected chi connectivity index (χ3v) is 1.75. The highest BCUT2D eigenvalue weighted by atomic mass is 35.5. The topological polar surface area (TPSA) is 52.3 Å². The molecule has 2 N–H and O–H groups in total. The van der Waals surface area contributed by atoms with Crippen LogP contribution >= 0.6 is 11.6 Å². The SMILES string of the molecule is CC(=O)COc1ccc(Cl)c(N)c1. The molecule has 0 aliphatic rings. The van der Waals surface area contributed by atoms with Crippen LogP contribution in [0.1, 0.15) is 6.92 Å². The van der Waals surface area contributed by atoms with Gasteiger partial charge in [-0.15, -0.1) is 0 Å². The predicted octanol–water partition coefficient (Wildman–Crippen LogP) is 1.89. The summed E-state index contributed by atoms with van der Waals surface area (Å²) in [5.41, 5.74) is 5.98. The minimum absolute atomic E-state index is 0.0338. The van der Waals surface area contributed by atoms with Crippen molar-refractivity contribution in [3.05, 3.63) is 23.2 Å². The number of hydrogen-bond acceptors (Lipinski definition) is 3. The van der Waals surface area contributed by atoms with Crippen LogP contribution in [0.4, 0.5) is 5.69 Å². The molecule has 0 aliphatic carbocycles. The van der Waals surface area contributed by atoms with Crippen LogP contribution in [0.15, 0.2) is 18.2 Å². The Bertz CT molecular complexity index is 325. The number of nitrogen functional groups attached to an aromatic ring is 1. The van der Waals surface area contributed by atoms with E-state index >= 15 is 0 Å². The molecule has 1 aromatic rings. The van der Waals surface area contributed by atoms with Gasteiger partial charge in [-0.05, 0) is 19.1 Å². The molecule has 0 fully saturated rings. The lowest BCUT2D eigenvalue weighted by Gasteiger charge is -2.04. The number of anilines is 1. The Kier molecular flexibility index (Phi) is 3.14. The van der Waals surface area contributed by atoms with Crippen molar-refractivity contribution >= 4 is 23.1 Å². The van der Waals surface area contributed by atoms with Crippen molar-refractivity contribution in [3.63, 3.8) is 0 Å². The first kappa shape index (κ1) is 9.86.